The summed E-state index contributed by atoms with van der Waals surface area (Å²) in [5.74, 6) is 3.05. The second kappa shape index (κ2) is 8.31. The first-order valence-electron chi connectivity index (χ1n) is 10.9. The van der Waals surface area contributed by atoms with Crippen LogP contribution in [-0.4, -0.2) is 43.0 Å². The summed E-state index contributed by atoms with van der Waals surface area (Å²) in [5.41, 5.74) is 6.67. The monoisotopic (exact) mass is 445 g/mol. The normalized spacial score (nSPS) is 13.2. The molecule has 0 amide bonds. The molecule has 170 valence electrons. The van der Waals surface area contributed by atoms with Gasteiger partial charge in [0, 0.05) is 28.8 Å². The van der Waals surface area contributed by atoms with Crippen LogP contribution in [0.25, 0.3) is 28.0 Å². The summed E-state index contributed by atoms with van der Waals surface area (Å²) in [5, 5.41) is 4.98. The highest BCUT2D eigenvalue weighted by Gasteiger charge is 2.28. The fourth-order valence-corrected chi connectivity index (χ4v) is 4.30. The van der Waals surface area contributed by atoms with Crippen molar-refractivity contribution in [2.24, 2.45) is 0 Å². The zero-order valence-electron chi connectivity index (χ0n) is 19.5. The molecule has 0 saturated heterocycles. The maximum absolute atomic E-state index is 5.65. The minimum absolute atomic E-state index is 0.518. The summed E-state index contributed by atoms with van der Waals surface area (Å²) in [7, 11) is 6.52. The molecule has 0 radical (unpaired) electrons. The maximum atomic E-state index is 5.65. The third-order valence-electron chi connectivity index (χ3n) is 6.11. The Bertz CT molecular complexity index is 1300. The fraction of sp³-hybridized carbons (Fsp3) is 0.308. The topological polar surface area (TPSA) is 67.1 Å². The van der Waals surface area contributed by atoms with E-state index in [-0.39, 0.29) is 0 Å². The lowest BCUT2D eigenvalue weighted by Crippen LogP contribution is -2.04. The Hall–Kier alpha value is -3.74. The van der Waals surface area contributed by atoms with E-state index >= 15 is 0 Å². The van der Waals surface area contributed by atoms with Crippen LogP contribution in [-0.2, 0) is 0 Å². The van der Waals surface area contributed by atoms with Gasteiger partial charge in [-0.25, -0.2) is 9.50 Å². The lowest BCUT2D eigenvalue weighted by atomic mass is 9.97. The van der Waals surface area contributed by atoms with E-state index in [1.807, 2.05) is 47.8 Å². The first-order chi connectivity index (χ1) is 16.1. The molecule has 0 bridgehead atoms. The molecule has 4 aromatic rings. The van der Waals surface area contributed by atoms with Gasteiger partial charge in [0.2, 0.25) is 5.75 Å². The highest BCUT2D eigenvalue weighted by molar-refractivity contribution is 5.86. The first-order valence-corrected chi connectivity index (χ1v) is 10.9. The third-order valence-corrected chi connectivity index (χ3v) is 6.11. The largest absolute Gasteiger partial charge is 0.497 e. The second-order valence-corrected chi connectivity index (χ2v) is 8.18. The molecular weight excluding hydrogens is 418 g/mol. The van der Waals surface area contributed by atoms with Crippen molar-refractivity contribution < 1.29 is 18.9 Å². The molecule has 1 fully saturated rings. The molecule has 1 aliphatic carbocycles. The van der Waals surface area contributed by atoms with Gasteiger partial charge in [-0.2, -0.15) is 5.10 Å². The standard InChI is InChI=1S/C26H27N3O4/c1-15-24(17-8-10-19(30-2)11-9-17)25(29-23(27-15)14-20(28-29)16-6-7-16)18-12-21(31-3)26(33-5)22(13-18)32-4/h8-14,16H,6-7H2,1-5H3. The molecule has 2 aromatic heterocycles. The van der Waals surface area contributed by atoms with Crippen molar-refractivity contribution in [1.29, 1.82) is 0 Å². The van der Waals surface area contributed by atoms with E-state index in [4.69, 9.17) is 29.0 Å². The summed E-state index contributed by atoms with van der Waals surface area (Å²) in [6.07, 6.45) is 2.35. The number of aryl methyl sites for hydroxylation is 1. The molecule has 1 saturated carbocycles. The quantitative estimate of drug-likeness (QED) is 0.385. The van der Waals surface area contributed by atoms with Crippen molar-refractivity contribution in [3.8, 4) is 45.4 Å². The van der Waals surface area contributed by atoms with Crippen LogP contribution in [0.15, 0.2) is 42.5 Å². The Labute approximate surface area is 192 Å². The van der Waals surface area contributed by atoms with Crippen molar-refractivity contribution >= 4 is 5.65 Å². The number of methoxy groups -OCH3 is 4. The number of hydrogen-bond acceptors (Lipinski definition) is 6. The van der Waals surface area contributed by atoms with E-state index in [1.54, 1.807) is 28.4 Å². The minimum atomic E-state index is 0.518. The zero-order chi connectivity index (χ0) is 23.1. The number of benzene rings is 2. The van der Waals surface area contributed by atoms with Gasteiger partial charge in [0.15, 0.2) is 17.1 Å². The van der Waals surface area contributed by atoms with E-state index in [9.17, 15) is 0 Å². The Kier molecular flexibility index (Phi) is 5.32. The van der Waals surface area contributed by atoms with Gasteiger partial charge in [-0.1, -0.05) is 12.1 Å². The van der Waals surface area contributed by atoms with Gasteiger partial charge in [-0.3, -0.25) is 0 Å². The van der Waals surface area contributed by atoms with Gasteiger partial charge < -0.3 is 18.9 Å². The van der Waals surface area contributed by atoms with Gasteiger partial charge in [0.1, 0.15) is 5.75 Å². The second-order valence-electron chi connectivity index (χ2n) is 8.18. The molecule has 0 N–H and O–H groups in total. The maximum Gasteiger partial charge on any atom is 0.203 e. The number of rotatable bonds is 7. The van der Waals surface area contributed by atoms with Crippen LogP contribution in [0.4, 0.5) is 0 Å². The van der Waals surface area contributed by atoms with Crippen molar-refractivity contribution in [3.05, 3.63) is 53.9 Å². The van der Waals surface area contributed by atoms with Crippen molar-refractivity contribution in [2.45, 2.75) is 25.7 Å². The van der Waals surface area contributed by atoms with Crippen molar-refractivity contribution in [3.63, 3.8) is 0 Å². The van der Waals surface area contributed by atoms with E-state index in [0.29, 0.717) is 23.2 Å². The van der Waals surface area contributed by atoms with E-state index in [1.165, 1.54) is 12.8 Å². The van der Waals surface area contributed by atoms with Gasteiger partial charge >= 0.3 is 0 Å². The van der Waals surface area contributed by atoms with Crippen LogP contribution < -0.4 is 18.9 Å². The molecule has 33 heavy (non-hydrogen) atoms. The highest BCUT2D eigenvalue weighted by atomic mass is 16.5. The average Bonchev–Trinajstić information content (AvgIpc) is 3.62. The van der Waals surface area contributed by atoms with E-state index < -0.39 is 0 Å². The van der Waals surface area contributed by atoms with E-state index in [2.05, 4.69) is 6.07 Å². The zero-order valence-corrected chi connectivity index (χ0v) is 19.5. The number of nitrogens with zero attached hydrogens (tertiary/aromatic N) is 3. The number of aromatic nitrogens is 3. The summed E-state index contributed by atoms with van der Waals surface area (Å²) < 4.78 is 24.1. The predicted octanol–water partition coefficient (Wildman–Crippen LogP) is 5.28. The Morgan fingerprint density at radius 3 is 2.03 bits per heavy atom. The summed E-state index contributed by atoms with van der Waals surface area (Å²) in [6, 6.07) is 14.0. The SMILES string of the molecule is COc1ccc(-c2c(C)nc3cc(C4CC4)nn3c2-c2cc(OC)c(OC)c(OC)c2)cc1. The molecule has 0 spiro atoms. The smallest absolute Gasteiger partial charge is 0.203 e. The molecule has 0 atom stereocenters. The van der Waals surface area contributed by atoms with Crippen LogP contribution in [0, 0.1) is 6.92 Å². The van der Waals surface area contributed by atoms with Crippen molar-refractivity contribution in [2.75, 3.05) is 28.4 Å². The molecule has 1 aliphatic rings. The lowest BCUT2D eigenvalue weighted by Gasteiger charge is -2.18. The highest BCUT2D eigenvalue weighted by Crippen LogP contribution is 2.45. The molecule has 2 heterocycles. The fourth-order valence-electron chi connectivity index (χ4n) is 4.30. The molecule has 2 aromatic carbocycles. The molecule has 7 nitrogen and oxygen atoms in total. The molecule has 5 rings (SSSR count). The van der Waals surface area contributed by atoms with Gasteiger partial charge in [0.05, 0.1) is 39.8 Å². The Morgan fingerprint density at radius 1 is 0.818 bits per heavy atom. The van der Waals surface area contributed by atoms with E-state index in [0.717, 1.165) is 45.2 Å². The third kappa shape index (κ3) is 3.63. The van der Waals surface area contributed by atoms with Crippen LogP contribution in [0.2, 0.25) is 0 Å². The molecule has 0 unspecified atom stereocenters. The lowest BCUT2D eigenvalue weighted by molar-refractivity contribution is 0.324. The average molecular weight is 446 g/mol. The summed E-state index contributed by atoms with van der Waals surface area (Å²) in [4.78, 5) is 4.91. The Morgan fingerprint density at radius 2 is 1.48 bits per heavy atom. The van der Waals surface area contributed by atoms with Gasteiger partial charge in [0.25, 0.3) is 0 Å². The summed E-state index contributed by atoms with van der Waals surface area (Å²) >= 11 is 0. The minimum Gasteiger partial charge on any atom is -0.497 e. The van der Waals surface area contributed by atoms with Crippen LogP contribution >= 0.6 is 0 Å². The Balaban J connectivity index is 1.83. The van der Waals surface area contributed by atoms with Crippen LogP contribution in [0.5, 0.6) is 23.0 Å². The number of fused-ring (bicyclic) bond motifs is 1. The number of hydrogen-bond donors (Lipinski definition) is 0. The van der Waals surface area contributed by atoms with Crippen LogP contribution in [0.1, 0.15) is 30.1 Å². The molecular formula is C26H27N3O4. The van der Waals surface area contributed by atoms with Gasteiger partial charge in [-0.05, 0) is 49.6 Å². The number of ether oxygens (including phenoxy) is 4. The van der Waals surface area contributed by atoms with Gasteiger partial charge in [-0.15, -0.1) is 0 Å². The molecule has 7 heteroatoms. The first kappa shape index (κ1) is 21.1. The molecule has 0 aliphatic heterocycles. The predicted molar refractivity (Wildman–Crippen MR) is 127 cm³/mol. The summed E-state index contributed by atoms with van der Waals surface area (Å²) in [6.45, 7) is 2.03. The van der Waals surface area contributed by atoms with Crippen LogP contribution in [0.3, 0.4) is 0 Å². The van der Waals surface area contributed by atoms with Crippen molar-refractivity contribution in [1.82, 2.24) is 14.6 Å².